The van der Waals surface area contributed by atoms with Gasteiger partial charge in [0.25, 0.3) is 0 Å². The van der Waals surface area contributed by atoms with E-state index in [1.54, 1.807) is 7.11 Å². The van der Waals surface area contributed by atoms with Crippen molar-refractivity contribution < 1.29 is 4.74 Å². The van der Waals surface area contributed by atoms with Crippen LogP contribution in [0.1, 0.15) is 19.8 Å². The molecule has 0 aromatic heterocycles. The van der Waals surface area contributed by atoms with Gasteiger partial charge in [-0.25, -0.2) is 0 Å². The summed E-state index contributed by atoms with van der Waals surface area (Å²) >= 11 is 0. The summed E-state index contributed by atoms with van der Waals surface area (Å²) in [7, 11) is 1.77. The van der Waals surface area contributed by atoms with Gasteiger partial charge in [0.15, 0.2) is 0 Å². The average Bonchev–Trinajstić information content (AvgIpc) is 2.21. The zero-order valence-corrected chi connectivity index (χ0v) is 8.55. The molecule has 2 heteroatoms. The number of allylic oxidation sites excluding steroid dienone is 2. The third-order valence-corrected chi connectivity index (χ3v) is 2.26. The van der Waals surface area contributed by atoms with Crippen LogP contribution in [-0.4, -0.2) is 26.3 Å². The zero-order valence-electron chi connectivity index (χ0n) is 8.55. The molecule has 0 amide bonds. The Kier molecular flexibility index (Phi) is 4.79. The number of ether oxygens (including phenoxy) is 1. The lowest BCUT2D eigenvalue weighted by Gasteiger charge is -2.18. The molecule has 0 saturated heterocycles. The van der Waals surface area contributed by atoms with E-state index in [1.165, 1.54) is 12.0 Å². The van der Waals surface area contributed by atoms with Gasteiger partial charge in [0.2, 0.25) is 0 Å². The Morgan fingerprint density at radius 2 is 2.38 bits per heavy atom. The molecule has 0 spiro atoms. The second-order valence-corrected chi connectivity index (χ2v) is 3.22. The standard InChI is InChI=1S/C11H19NO/c1-3-12-9-11(13-2)10-7-5-4-6-8-10/h5,7-8,11-12H,3-4,6,9H2,1-2H3. The van der Waals surface area contributed by atoms with E-state index in [0.29, 0.717) is 0 Å². The Balaban J connectivity index is 2.44. The van der Waals surface area contributed by atoms with Crippen molar-refractivity contribution in [1.82, 2.24) is 5.32 Å². The van der Waals surface area contributed by atoms with Gasteiger partial charge >= 0.3 is 0 Å². The molecule has 0 heterocycles. The summed E-state index contributed by atoms with van der Waals surface area (Å²) in [6, 6.07) is 0. The van der Waals surface area contributed by atoms with Crippen molar-refractivity contribution in [1.29, 1.82) is 0 Å². The molecule has 0 saturated carbocycles. The quantitative estimate of drug-likeness (QED) is 0.699. The van der Waals surface area contributed by atoms with E-state index in [-0.39, 0.29) is 6.10 Å². The van der Waals surface area contributed by atoms with Gasteiger partial charge in [-0.2, -0.15) is 0 Å². The third-order valence-electron chi connectivity index (χ3n) is 2.26. The van der Waals surface area contributed by atoms with Gasteiger partial charge < -0.3 is 10.1 Å². The minimum absolute atomic E-state index is 0.219. The largest absolute Gasteiger partial charge is 0.375 e. The Bertz CT molecular complexity index is 196. The molecule has 1 atom stereocenters. The van der Waals surface area contributed by atoms with Crippen LogP contribution in [0.4, 0.5) is 0 Å². The number of methoxy groups -OCH3 is 1. The zero-order chi connectivity index (χ0) is 9.52. The summed E-state index contributed by atoms with van der Waals surface area (Å²) in [5, 5.41) is 3.30. The molecule has 1 aliphatic rings. The lowest BCUT2D eigenvalue weighted by Crippen LogP contribution is -2.29. The lowest BCUT2D eigenvalue weighted by atomic mass is 10.0. The maximum absolute atomic E-state index is 5.41. The van der Waals surface area contributed by atoms with Gasteiger partial charge in [-0.15, -0.1) is 0 Å². The SMILES string of the molecule is CCNCC(OC)C1=CCCC=C1. The highest BCUT2D eigenvalue weighted by molar-refractivity contribution is 5.26. The normalized spacial score (nSPS) is 18.5. The van der Waals surface area contributed by atoms with Gasteiger partial charge in [-0.05, 0) is 25.0 Å². The molecular weight excluding hydrogens is 162 g/mol. The Hall–Kier alpha value is -0.600. The highest BCUT2D eigenvalue weighted by Crippen LogP contribution is 2.14. The van der Waals surface area contributed by atoms with E-state index in [1.807, 2.05) is 0 Å². The van der Waals surface area contributed by atoms with E-state index in [2.05, 4.69) is 30.5 Å². The highest BCUT2D eigenvalue weighted by atomic mass is 16.5. The molecule has 0 fully saturated rings. The Morgan fingerprint density at radius 1 is 1.54 bits per heavy atom. The molecule has 1 unspecified atom stereocenters. The van der Waals surface area contributed by atoms with E-state index >= 15 is 0 Å². The molecule has 1 N–H and O–H groups in total. The molecular formula is C11H19NO. The van der Waals surface area contributed by atoms with Gasteiger partial charge in [-0.3, -0.25) is 0 Å². The summed E-state index contributed by atoms with van der Waals surface area (Å²) in [5.41, 5.74) is 1.31. The molecule has 1 rings (SSSR count). The van der Waals surface area contributed by atoms with Crippen molar-refractivity contribution >= 4 is 0 Å². The van der Waals surface area contributed by atoms with Gasteiger partial charge in [0, 0.05) is 13.7 Å². The van der Waals surface area contributed by atoms with Crippen molar-refractivity contribution in [3.05, 3.63) is 23.8 Å². The summed E-state index contributed by atoms with van der Waals surface area (Å²) < 4.78 is 5.41. The predicted octanol–water partition coefficient (Wildman–Crippen LogP) is 1.89. The number of hydrogen-bond acceptors (Lipinski definition) is 2. The Morgan fingerprint density at radius 3 is 2.92 bits per heavy atom. The first-order chi connectivity index (χ1) is 6.38. The maximum Gasteiger partial charge on any atom is 0.0942 e. The van der Waals surface area contributed by atoms with Crippen molar-refractivity contribution in [3.63, 3.8) is 0 Å². The van der Waals surface area contributed by atoms with Crippen LogP contribution >= 0.6 is 0 Å². The van der Waals surface area contributed by atoms with Crippen LogP contribution in [-0.2, 0) is 4.74 Å². The first-order valence-electron chi connectivity index (χ1n) is 4.98. The number of rotatable bonds is 5. The van der Waals surface area contributed by atoms with E-state index in [0.717, 1.165) is 19.5 Å². The molecule has 1 aliphatic carbocycles. The third kappa shape index (κ3) is 3.33. The highest BCUT2D eigenvalue weighted by Gasteiger charge is 2.11. The van der Waals surface area contributed by atoms with Crippen molar-refractivity contribution in [3.8, 4) is 0 Å². The van der Waals surface area contributed by atoms with Crippen molar-refractivity contribution in [2.75, 3.05) is 20.2 Å². The summed E-state index contributed by atoms with van der Waals surface area (Å²) in [6.07, 6.45) is 9.20. The van der Waals surface area contributed by atoms with Crippen LogP contribution < -0.4 is 5.32 Å². The maximum atomic E-state index is 5.41. The fourth-order valence-electron chi connectivity index (χ4n) is 1.49. The molecule has 2 nitrogen and oxygen atoms in total. The molecule has 13 heavy (non-hydrogen) atoms. The summed E-state index contributed by atoms with van der Waals surface area (Å²) in [5.74, 6) is 0. The monoisotopic (exact) mass is 181 g/mol. The minimum atomic E-state index is 0.219. The van der Waals surface area contributed by atoms with Gasteiger partial charge in [0.05, 0.1) is 6.10 Å². The fraction of sp³-hybridized carbons (Fsp3) is 0.636. The van der Waals surface area contributed by atoms with Crippen molar-refractivity contribution in [2.45, 2.75) is 25.9 Å². The van der Waals surface area contributed by atoms with Crippen LogP contribution in [0.25, 0.3) is 0 Å². The number of nitrogens with one attached hydrogen (secondary N) is 1. The van der Waals surface area contributed by atoms with E-state index < -0.39 is 0 Å². The Labute approximate surface area is 80.7 Å². The molecule has 0 aliphatic heterocycles. The molecule has 0 aromatic rings. The van der Waals surface area contributed by atoms with E-state index in [9.17, 15) is 0 Å². The van der Waals surface area contributed by atoms with Crippen LogP contribution in [0, 0.1) is 0 Å². The second-order valence-electron chi connectivity index (χ2n) is 3.22. The molecule has 0 radical (unpaired) electrons. The molecule has 0 bridgehead atoms. The predicted molar refractivity (Wildman–Crippen MR) is 55.8 cm³/mol. The van der Waals surface area contributed by atoms with Gasteiger partial charge in [-0.1, -0.05) is 25.2 Å². The minimum Gasteiger partial charge on any atom is -0.375 e. The van der Waals surface area contributed by atoms with Crippen LogP contribution in [0.3, 0.4) is 0 Å². The van der Waals surface area contributed by atoms with Crippen molar-refractivity contribution in [2.24, 2.45) is 0 Å². The number of likely N-dealkylation sites (N-methyl/N-ethyl adjacent to an activating group) is 1. The number of hydrogen-bond donors (Lipinski definition) is 1. The summed E-state index contributed by atoms with van der Waals surface area (Å²) in [4.78, 5) is 0. The smallest absolute Gasteiger partial charge is 0.0942 e. The second kappa shape index (κ2) is 5.95. The van der Waals surface area contributed by atoms with E-state index in [4.69, 9.17) is 4.74 Å². The summed E-state index contributed by atoms with van der Waals surface area (Å²) in [6.45, 7) is 4.01. The lowest BCUT2D eigenvalue weighted by molar-refractivity contribution is 0.133. The van der Waals surface area contributed by atoms with Crippen LogP contribution in [0.15, 0.2) is 23.8 Å². The molecule has 0 aromatic carbocycles. The fourth-order valence-corrected chi connectivity index (χ4v) is 1.49. The average molecular weight is 181 g/mol. The van der Waals surface area contributed by atoms with Gasteiger partial charge in [0.1, 0.15) is 0 Å². The molecule has 74 valence electrons. The van der Waals surface area contributed by atoms with Crippen LogP contribution in [0.5, 0.6) is 0 Å². The van der Waals surface area contributed by atoms with Crippen LogP contribution in [0.2, 0.25) is 0 Å². The topological polar surface area (TPSA) is 21.3 Å². The first-order valence-corrected chi connectivity index (χ1v) is 4.98. The first kappa shape index (κ1) is 10.5.